The Bertz CT molecular complexity index is 368. The Balaban J connectivity index is 1.82. The van der Waals surface area contributed by atoms with Crippen LogP contribution in [0.2, 0.25) is 0 Å². The Hall–Kier alpha value is -0.930. The first kappa shape index (κ1) is 14.5. The maximum Gasteiger partial charge on any atom is 0.0544 e. The average Bonchev–Trinajstić information content (AvgIpc) is 3.20. The van der Waals surface area contributed by atoms with Gasteiger partial charge in [-0.2, -0.15) is 0 Å². The van der Waals surface area contributed by atoms with Gasteiger partial charge < -0.3 is 5.32 Å². The molecule has 19 heavy (non-hydrogen) atoms. The van der Waals surface area contributed by atoms with E-state index in [1.54, 1.807) is 0 Å². The highest BCUT2D eigenvalue weighted by Gasteiger charge is 2.19. The highest BCUT2D eigenvalue weighted by atomic mass is 15.1. The predicted octanol–water partition coefficient (Wildman–Crippen LogP) is 2.81. The fraction of sp³-hybridized carbons (Fsp3) is 0.688. The molecule has 0 spiro atoms. The number of aromatic nitrogens is 1. The molecule has 0 saturated heterocycles. The Morgan fingerprint density at radius 1 is 1.37 bits per heavy atom. The Morgan fingerprint density at radius 2 is 2.16 bits per heavy atom. The second-order valence-electron chi connectivity index (χ2n) is 6.03. The number of nitrogens with zero attached hydrogens (tertiary/aromatic N) is 2. The SMILES string of the molecule is CCN(Cc1ccc(CNC2CC2)cn1)CC(C)C. The van der Waals surface area contributed by atoms with Crippen LogP contribution in [0.15, 0.2) is 18.3 Å². The van der Waals surface area contributed by atoms with Gasteiger partial charge in [0, 0.05) is 31.9 Å². The number of hydrogen-bond donors (Lipinski definition) is 1. The number of nitrogens with one attached hydrogen (secondary N) is 1. The maximum atomic E-state index is 4.59. The van der Waals surface area contributed by atoms with Gasteiger partial charge in [-0.25, -0.2) is 0 Å². The van der Waals surface area contributed by atoms with E-state index in [4.69, 9.17) is 0 Å². The van der Waals surface area contributed by atoms with Gasteiger partial charge >= 0.3 is 0 Å². The molecule has 1 aromatic heterocycles. The Morgan fingerprint density at radius 3 is 2.68 bits per heavy atom. The second-order valence-corrected chi connectivity index (χ2v) is 6.03. The van der Waals surface area contributed by atoms with E-state index in [0.717, 1.165) is 32.2 Å². The smallest absolute Gasteiger partial charge is 0.0544 e. The van der Waals surface area contributed by atoms with E-state index in [1.165, 1.54) is 24.1 Å². The van der Waals surface area contributed by atoms with E-state index in [9.17, 15) is 0 Å². The minimum Gasteiger partial charge on any atom is -0.310 e. The summed E-state index contributed by atoms with van der Waals surface area (Å²) >= 11 is 0. The van der Waals surface area contributed by atoms with E-state index in [2.05, 4.69) is 48.1 Å². The van der Waals surface area contributed by atoms with Crippen molar-refractivity contribution >= 4 is 0 Å². The van der Waals surface area contributed by atoms with Crippen molar-refractivity contribution in [1.29, 1.82) is 0 Å². The van der Waals surface area contributed by atoms with Crippen LogP contribution in [0.1, 0.15) is 44.9 Å². The van der Waals surface area contributed by atoms with Crippen LogP contribution in [0.5, 0.6) is 0 Å². The fourth-order valence-corrected chi connectivity index (χ4v) is 2.25. The summed E-state index contributed by atoms with van der Waals surface area (Å²) in [5.74, 6) is 0.710. The lowest BCUT2D eigenvalue weighted by molar-refractivity contribution is 0.245. The van der Waals surface area contributed by atoms with Gasteiger partial charge in [-0.1, -0.05) is 26.8 Å². The first-order chi connectivity index (χ1) is 9.17. The molecule has 0 aromatic carbocycles. The lowest BCUT2D eigenvalue weighted by Gasteiger charge is -2.22. The summed E-state index contributed by atoms with van der Waals surface area (Å²) in [4.78, 5) is 7.04. The topological polar surface area (TPSA) is 28.2 Å². The number of pyridine rings is 1. The third-order valence-electron chi connectivity index (χ3n) is 3.51. The van der Waals surface area contributed by atoms with Crippen LogP contribution >= 0.6 is 0 Å². The zero-order valence-electron chi connectivity index (χ0n) is 12.5. The summed E-state index contributed by atoms with van der Waals surface area (Å²) in [5.41, 5.74) is 2.47. The highest BCUT2D eigenvalue weighted by Crippen LogP contribution is 2.19. The molecule has 0 unspecified atom stereocenters. The van der Waals surface area contributed by atoms with Crippen molar-refractivity contribution < 1.29 is 0 Å². The molecule has 1 aliphatic rings. The molecule has 2 rings (SSSR count). The molecule has 106 valence electrons. The summed E-state index contributed by atoms with van der Waals surface area (Å²) < 4.78 is 0. The number of hydrogen-bond acceptors (Lipinski definition) is 3. The largest absolute Gasteiger partial charge is 0.310 e. The molecule has 0 bridgehead atoms. The fourth-order valence-electron chi connectivity index (χ4n) is 2.25. The monoisotopic (exact) mass is 261 g/mol. The van der Waals surface area contributed by atoms with E-state index < -0.39 is 0 Å². The molecule has 0 radical (unpaired) electrons. The highest BCUT2D eigenvalue weighted by molar-refractivity contribution is 5.14. The van der Waals surface area contributed by atoms with Gasteiger partial charge in [-0.3, -0.25) is 9.88 Å². The van der Waals surface area contributed by atoms with Crippen molar-refractivity contribution in [2.45, 2.75) is 52.7 Å². The summed E-state index contributed by atoms with van der Waals surface area (Å²) in [6, 6.07) is 5.15. The third-order valence-corrected chi connectivity index (χ3v) is 3.51. The molecule has 1 N–H and O–H groups in total. The Kier molecular flexibility index (Phi) is 5.34. The molecule has 3 heteroatoms. The molecule has 1 heterocycles. The second kappa shape index (κ2) is 7.01. The van der Waals surface area contributed by atoms with Gasteiger partial charge in [0.05, 0.1) is 5.69 Å². The summed E-state index contributed by atoms with van der Waals surface area (Å²) in [6.07, 6.45) is 4.70. The van der Waals surface area contributed by atoms with E-state index in [0.29, 0.717) is 5.92 Å². The molecule has 1 aliphatic carbocycles. The van der Waals surface area contributed by atoms with Crippen molar-refractivity contribution in [1.82, 2.24) is 15.2 Å². The normalized spacial score (nSPS) is 15.4. The van der Waals surface area contributed by atoms with Gasteiger partial charge in [0.2, 0.25) is 0 Å². The molecule has 0 atom stereocenters. The van der Waals surface area contributed by atoms with Crippen LogP contribution < -0.4 is 5.32 Å². The van der Waals surface area contributed by atoms with Crippen LogP contribution in [0.25, 0.3) is 0 Å². The minimum atomic E-state index is 0.710. The number of rotatable bonds is 8. The van der Waals surface area contributed by atoms with E-state index in [1.807, 2.05) is 6.20 Å². The molecule has 1 fully saturated rings. The van der Waals surface area contributed by atoms with E-state index >= 15 is 0 Å². The van der Waals surface area contributed by atoms with Gasteiger partial charge in [-0.05, 0) is 36.9 Å². The van der Waals surface area contributed by atoms with Gasteiger partial charge in [-0.15, -0.1) is 0 Å². The standard InChI is InChI=1S/C16H27N3/c1-4-19(11-13(2)3)12-16-6-5-14(10-18-16)9-17-15-7-8-15/h5-6,10,13,15,17H,4,7-9,11-12H2,1-3H3. The summed E-state index contributed by atoms with van der Waals surface area (Å²) in [7, 11) is 0. The molecule has 3 nitrogen and oxygen atoms in total. The maximum absolute atomic E-state index is 4.59. The lowest BCUT2D eigenvalue weighted by Crippen LogP contribution is -2.27. The van der Waals surface area contributed by atoms with Crippen molar-refractivity contribution in [3.63, 3.8) is 0 Å². The van der Waals surface area contributed by atoms with Crippen molar-refractivity contribution in [2.75, 3.05) is 13.1 Å². The zero-order chi connectivity index (χ0) is 13.7. The van der Waals surface area contributed by atoms with Crippen molar-refractivity contribution in [3.8, 4) is 0 Å². The van der Waals surface area contributed by atoms with Crippen LogP contribution in [0.4, 0.5) is 0 Å². The average molecular weight is 261 g/mol. The molecular formula is C16H27N3. The Labute approximate surface area is 117 Å². The van der Waals surface area contributed by atoms with Crippen LogP contribution in [0, 0.1) is 5.92 Å². The van der Waals surface area contributed by atoms with Crippen molar-refractivity contribution in [2.24, 2.45) is 5.92 Å². The summed E-state index contributed by atoms with van der Waals surface area (Å²) in [5, 5.41) is 3.52. The van der Waals surface area contributed by atoms with E-state index in [-0.39, 0.29) is 0 Å². The minimum absolute atomic E-state index is 0.710. The van der Waals surface area contributed by atoms with Crippen LogP contribution in [-0.2, 0) is 13.1 Å². The van der Waals surface area contributed by atoms with Crippen LogP contribution in [-0.4, -0.2) is 29.0 Å². The van der Waals surface area contributed by atoms with Gasteiger partial charge in [0.15, 0.2) is 0 Å². The zero-order valence-corrected chi connectivity index (χ0v) is 12.5. The van der Waals surface area contributed by atoms with Gasteiger partial charge in [0.1, 0.15) is 0 Å². The lowest BCUT2D eigenvalue weighted by atomic mass is 10.2. The molecule has 0 amide bonds. The predicted molar refractivity (Wildman–Crippen MR) is 79.9 cm³/mol. The first-order valence-electron chi connectivity index (χ1n) is 7.57. The van der Waals surface area contributed by atoms with Crippen molar-refractivity contribution in [3.05, 3.63) is 29.6 Å². The molecule has 1 aromatic rings. The quantitative estimate of drug-likeness (QED) is 0.780. The summed E-state index contributed by atoms with van der Waals surface area (Å²) in [6.45, 7) is 10.9. The van der Waals surface area contributed by atoms with Crippen LogP contribution in [0.3, 0.4) is 0 Å². The molecular weight excluding hydrogens is 234 g/mol. The van der Waals surface area contributed by atoms with Gasteiger partial charge in [0.25, 0.3) is 0 Å². The third kappa shape index (κ3) is 5.29. The molecule has 0 aliphatic heterocycles. The molecule has 1 saturated carbocycles. The first-order valence-corrected chi connectivity index (χ1v) is 7.57.